The number of piperidine rings is 1. The van der Waals surface area contributed by atoms with Crippen LogP contribution in [0.25, 0.3) is 0 Å². The fourth-order valence-electron chi connectivity index (χ4n) is 7.29. The topological polar surface area (TPSA) is 180 Å². The van der Waals surface area contributed by atoms with Gasteiger partial charge in [-0.2, -0.15) is 0 Å². The van der Waals surface area contributed by atoms with Gasteiger partial charge in [-0.05, 0) is 41.4 Å². The number of allylic oxidation sites excluding steroid dienone is 3. The average Bonchev–Trinajstić information content (AvgIpc) is 3.95. The second kappa shape index (κ2) is 14.7. The summed E-state index contributed by atoms with van der Waals surface area (Å²) < 4.78 is 0. The first-order chi connectivity index (χ1) is 23.6. The highest BCUT2D eigenvalue weighted by atomic mass is 16.2. The third-order valence-electron chi connectivity index (χ3n) is 10.5. The van der Waals surface area contributed by atoms with Gasteiger partial charge in [0.2, 0.25) is 23.5 Å². The van der Waals surface area contributed by atoms with Crippen LogP contribution in [0.3, 0.4) is 0 Å². The highest BCUT2D eigenvalue weighted by Crippen LogP contribution is 2.65. The smallest absolute Gasteiger partial charge is 0.289 e. The number of rotatable bonds is 14. The zero-order valence-corrected chi connectivity index (χ0v) is 29.5. The standard InChI is InChI=1S/C37H49N7O6/c1-7-15-40-34(49)29(45)24(18-21-13-14-21)41-33(48)28-26-23(37(26,5)6)20-44(28)35(50)30(36(2,3)4)43-32(47)27(22-11-9-8-10-12-22)42-31(46)25-19-38-16-17-39-25/h7-11,16-17,19,21-24,26-28,30H,1,12-15,18,20H2,2-6H3,(H,40,49)(H,41,48)(H,42,46)(H,43,47)/t22?,23-,24?,26-,27-,28-,30+/m0/s1. The molecule has 1 aliphatic heterocycles. The van der Waals surface area contributed by atoms with Gasteiger partial charge in [0, 0.05) is 31.4 Å². The molecule has 50 heavy (non-hydrogen) atoms. The molecule has 0 aromatic carbocycles. The van der Waals surface area contributed by atoms with E-state index in [1.54, 1.807) is 6.08 Å². The van der Waals surface area contributed by atoms with Crippen LogP contribution >= 0.6 is 0 Å². The fraction of sp³-hybridized carbons (Fsp3) is 0.568. The number of aromatic nitrogens is 2. The van der Waals surface area contributed by atoms with Crippen molar-refractivity contribution in [3.63, 3.8) is 0 Å². The monoisotopic (exact) mass is 687 g/mol. The maximum absolute atomic E-state index is 14.6. The molecule has 2 unspecified atom stereocenters. The molecule has 13 heteroatoms. The van der Waals surface area contributed by atoms with Gasteiger partial charge in [0.25, 0.3) is 11.8 Å². The van der Waals surface area contributed by atoms with Gasteiger partial charge < -0.3 is 26.2 Å². The zero-order valence-electron chi connectivity index (χ0n) is 29.5. The Kier molecular flexibility index (Phi) is 10.7. The lowest BCUT2D eigenvalue weighted by Crippen LogP contribution is -2.62. The van der Waals surface area contributed by atoms with E-state index < -0.39 is 64.9 Å². The van der Waals surface area contributed by atoms with Gasteiger partial charge in [0.15, 0.2) is 0 Å². The predicted octanol–water partition coefficient (Wildman–Crippen LogP) is 1.88. The van der Waals surface area contributed by atoms with E-state index in [0.717, 1.165) is 12.8 Å². The van der Waals surface area contributed by atoms with Gasteiger partial charge >= 0.3 is 0 Å². The molecular formula is C37H49N7O6. The summed E-state index contributed by atoms with van der Waals surface area (Å²) in [6, 6.07) is -4.01. The third-order valence-corrected chi connectivity index (χ3v) is 10.5. The minimum atomic E-state index is -1.06. The Bertz CT molecular complexity index is 1580. The zero-order chi connectivity index (χ0) is 36.4. The lowest BCUT2D eigenvalue weighted by atomic mass is 9.84. The molecule has 2 heterocycles. The van der Waals surface area contributed by atoms with E-state index in [1.165, 1.54) is 29.6 Å². The van der Waals surface area contributed by atoms with Gasteiger partial charge in [0.05, 0.1) is 12.2 Å². The minimum absolute atomic E-state index is 0.0465. The summed E-state index contributed by atoms with van der Waals surface area (Å²) in [4.78, 5) is 91.3. The van der Waals surface area contributed by atoms with Gasteiger partial charge in [-0.15, -0.1) is 6.58 Å². The molecule has 1 aromatic heterocycles. The molecule has 7 atom stereocenters. The molecule has 0 bridgehead atoms. The Morgan fingerprint density at radius 1 is 1.06 bits per heavy atom. The minimum Gasteiger partial charge on any atom is -0.346 e. The number of carbonyl (C=O) groups is 6. The molecule has 3 fully saturated rings. The SMILES string of the molecule is C=CCNC(=O)C(=O)C(CC1CC1)NC(=O)[C@@H]1[C@@H]2[C@H](CN1C(=O)[C@@H](NC(=O)[C@@H](NC(=O)c1cnccn1)C1C=CC=CC1)C(C)(C)C)C2(C)C. The molecule has 13 nitrogen and oxygen atoms in total. The number of amides is 5. The Labute approximate surface area is 293 Å². The molecule has 2 saturated carbocycles. The van der Waals surface area contributed by atoms with Crippen LogP contribution in [0.4, 0.5) is 0 Å². The van der Waals surface area contributed by atoms with Crippen LogP contribution in [0.1, 0.15) is 70.8 Å². The number of nitrogens with one attached hydrogen (secondary N) is 4. The normalized spacial score (nSPS) is 24.9. The van der Waals surface area contributed by atoms with Crippen LogP contribution in [0.2, 0.25) is 0 Å². The van der Waals surface area contributed by atoms with Crippen LogP contribution in [0, 0.1) is 34.5 Å². The molecule has 1 aromatic rings. The molecule has 268 valence electrons. The van der Waals surface area contributed by atoms with Crippen LogP contribution in [-0.4, -0.2) is 87.4 Å². The molecule has 5 amide bonds. The summed E-state index contributed by atoms with van der Waals surface area (Å²) >= 11 is 0. The summed E-state index contributed by atoms with van der Waals surface area (Å²) in [5.74, 6) is -3.83. The number of ketones is 1. The lowest BCUT2D eigenvalue weighted by Gasteiger charge is -2.38. The van der Waals surface area contributed by atoms with E-state index in [0.29, 0.717) is 19.4 Å². The van der Waals surface area contributed by atoms with E-state index in [2.05, 4.69) is 51.7 Å². The first-order valence-corrected chi connectivity index (χ1v) is 17.4. The highest BCUT2D eigenvalue weighted by Gasteiger charge is 2.70. The van der Waals surface area contributed by atoms with E-state index in [-0.39, 0.29) is 41.3 Å². The summed E-state index contributed by atoms with van der Waals surface area (Å²) in [7, 11) is 0. The molecule has 4 N–H and O–H groups in total. The molecule has 4 aliphatic rings. The van der Waals surface area contributed by atoms with Gasteiger partial charge in [-0.3, -0.25) is 33.8 Å². The lowest BCUT2D eigenvalue weighted by molar-refractivity contribution is -0.147. The molecule has 0 spiro atoms. The van der Waals surface area contributed by atoms with Crippen LogP contribution in [-0.2, 0) is 24.0 Å². The van der Waals surface area contributed by atoms with Crippen LogP contribution in [0.5, 0.6) is 0 Å². The number of nitrogens with zero attached hydrogens (tertiary/aromatic N) is 3. The van der Waals surface area contributed by atoms with Crippen LogP contribution < -0.4 is 21.3 Å². The fourth-order valence-corrected chi connectivity index (χ4v) is 7.29. The highest BCUT2D eigenvalue weighted by molar-refractivity contribution is 6.38. The Balaban J connectivity index is 1.37. The van der Waals surface area contributed by atoms with Crippen molar-refractivity contribution in [2.45, 2.75) is 84.5 Å². The van der Waals surface area contributed by atoms with E-state index in [9.17, 15) is 28.8 Å². The molecular weight excluding hydrogens is 638 g/mol. The van der Waals surface area contributed by atoms with Crippen molar-refractivity contribution in [2.75, 3.05) is 13.1 Å². The summed E-state index contributed by atoms with van der Waals surface area (Å²) in [5.41, 5.74) is -0.952. The van der Waals surface area contributed by atoms with E-state index in [4.69, 9.17) is 0 Å². The quantitative estimate of drug-likeness (QED) is 0.169. The summed E-state index contributed by atoms with van der Waals surface area (Å²) in [6.45, 7) is 13.6. The second-order valence-electron chi connectivity index (χ2n) is 15.6. The van der Waals surface area contributed by atoms with Crippen molar-refractivity contribution in [2.24, 2.45) is 34.5 Å². The third kappa shape index (κ3) is 8.03. The second-order valence-corrected chi connectivity index (χ2v) is 15.6. The molecule has 1 saturated heterocycles. The van der Waals surface area contributed by atoms with Crippen molar-refractivity contribution in [3.8, 4) is 0 Å². The van der Waals surface area contributed by atoms with Crippen molar-refractivity contribution in [1.82, 2.24) is 36.1 Å². The average molecular weight is 688 g/mol. The Morgan fingerprint density at radius 3 is 2.40 bits per heavy atom. The summed E-state index contributed by atoms with van der Waals surface area (Å²) in [6.07, 6.45) is 15.7. The number of Topliss-reactive ketones (excluding diaryl/α,β-unsaturated/α-hetero) is 1. The maximum atomic E-state index is 14.6. The number of carbonyl (C=O) groups excluding carboxylic acids is 6. The van der Waals surface area contributed by atoms with Crippen molar-refractivity contribution < 1.29 is 28.8 Å². The molecule has 5 rings (SSSR count). The number of hydrogen-bond donors (Lipinski definition) is 4. The number of hydrogen-bond acceptors (Lipinski definition) is 8. The molecule has 0 radical (unpaired) electrons. The van der Waals surface area contributed by atoms with Gasteiger partial charge in [-0.1, -0.05) is 77.8 Å². The van der Waals surface area contributed by atoms with Crippen molar-refractivity contribution in [3.05, 3.63) is 61.2 Å². The Morgan fingerprint density at radius 2 is 1.80 bits per heavy atom. The number of likely N-dealkylation sites (tertiary alicyclic amines) is 1. The van der Waals surface area contributed by atoms with Crippen molar-refractivity contribution >= 4 is 35.3 Å². The number of fused-ring (bicyclic) bond motifs is 1. The summed E-state index contributed by atoms with van der Waals surface area (Å²) in [5, 5.41) is 11.1. The van der Waals surface area contributed by atoms with Crippen LogP contribution in [0.15, 0.2) is 55.5 Å². The first kappa shape index (κ1) is 36.6. The molecule has 3 aliphatic carbocycles. The maximum Gasteiger partial charge on any atom is 0.289 e. The first-order valence-electron chi connectivity index (χ1n) is 17.4. The van der Waals surface area contributed by atoms with Gasteiger partial charge in [0.1, 0.15) is 23.8 Å². The van der Waals surface area contributed by atoms with Gasteiger partial charge in [-0.25, -0.2) is 4.98 Å². The van der Waals surface area contributed by atoms with Crippen molar-refractivity contribution in [1.29, 1.82) is 0 Å². The van der Waals surface area contributed by atoms with E-state index >= 15 is 0 Å². The largest absolute Gasteiger partial charge is 0.346 e. The predicted molar refractivity (Wildman–Crippen MR) is 185 cm³/mol. The Hall–Kier alpha value is -4.68. The van der Waals surface area contributed by atoms with E-state index in [1.807, 2.05) is 39.0 Å².